The van der Waals surface area contributed by atoms with Crippen LogP contribution in [0.15, 0.2) is 24.4 Å². The Morgan fingerprint density at radius 2 is 2.31 bits per heavy atom. The largest absolute Gasteiger partial charge is 0.382 e. The van der Waals surface area contributed by atoms with Crippen molar-refractivity contribution in [2.24, 2.45) is 0 Å². The van der Waals surface area contributed by atoms with E-state index in [0.717, 1.165) is 18.7 Å². The number of nitrogens with one attached hydrogen (secondary N) is 1. The first-order valence-corrected chi connectivity index (χ1v) is 5.52. The van der Waals surface area contributed by atoms with Crippen molar-refractivity contribution < 1.29 is 9.47 Å². The van der Waals surface area contributed by atoms with Crippen LogP contribution in [-0.2, 0) is 15.9 Å². The summed E-state index contributed by atoms with van der Waals surface area (Å²) in [5, 5.41) is 3.08. The van der Waals surface area contributed by atoms with E-state index in [-0.39, 0.29) is 6.10 Å². The second-order valence-electron chi connectivity index (χ2n) is 3.58. The molecule has 1 atom stereocenters. The van der Waals surface area contributed by atoms with Gasteiger partial charge in [-0.15, -0.1) is 0 Å². The van der Waals surface area contributed by atoms with Gasteiger partial charge in [0.15, 0.2) is 0 Å². The summed E-state index contributed by atoms with van der Waals surface area (Å²) >= 11 is 0. The average molecular weight is 224 g/mol. The van der Waals surface area contributed by atoms with Crippen LogP contribution in [0, 0.1) is 0 Å². The third-order valence-corrected chi connectivity index (χ3v) is 2.22. The third-order valence-electron chi connectivity index (χ3n) is 2.22. The van der Waals surface area contributed by atoms with E-state index in [1.807, 2.05) is 25.2 Å². The zero-order valence-corrected chi connectivity index (χ0v) is 9.98. The Bertz CT molecular complexity index is 261. The molecule has 0 bridgehead atoms. The summed E-state index contributed by atoms with van der Waals surface area (Å²) in [6, 6.07) is 5.91. The van der Waals surface area contributed by atoms with Crippen molar-refractivity contribution in [3.63, 3.8) is 0 Å². The lowest BCUT2D eigenvalue weighted by Gasteiger charge is -2.16. The van der Waals surface area contributed by atoms with E-state index in [2.05, 4.69) is 10.3 Å². The van der Waals surface area contributed by atoms with Crippen LogP contribution in [0.4, 0.5) is 0 Å². The van der Waals surface area contributed by atoms with Crippen molar-refractivity contribution in [3.05, 3.63) is 30.1 Å². The molecule has 16 heavy (non-hydrogen) atoms. The fraction of sp³-hybridized carbons (Fsp3) is 0.583. The summed E-state index contributed by atoms with van der Waals surface area (Å²) in [5.74, 6) is 0. The number of hydrogen-bond acceptors (Lipinski definition) is 4. The number of pyridine rings is 1. The molecule has 0 amide bonds. The van der Waals surface area contributed by atoms with Crippen molar-refractivity contribution in [2.45, 2.75) is 12.5 Å². The molecule has 4 nitrogen and oxygen atoms in total. The van der Waals surface area contributed by atoms with E-state index >= 15 is 0 Å². The van der Waals surface area contributed by atoms with Crippen LogP contribution >= 0.6 is 0 Å². The number of rotatable bonds is 8. The Labute approximate surface area is 97.0 Å². The van der Waals surface area contributed by atoms with Gasteiger partial charge in [-0.1, -0.05) is 6.07 Å². The lowest BCUT2D eigenvalue weighted by molar-refractivity contribution is 0.00114. The van der Waals surface area contributed by atoms with Crippen LogP contribution in [0.1, 0.15) is 5.69 Å². The van der Waals surface area contributed by atoms with E-state index < -0.39 is 0 Å². The van der Waals surface area contributed by atoms with Crippen LogP contribution in [-0.4, -0.2) is 45.0 Å². The second-order valence-corrected chi connectivity index (χ2v) is 3.58. The van der Waals surface area contributed by atoms with Crippen molar-refractivity contribution in [1.82, 2.24) is 10.3 Å². The van der Waals surface area contributed by atoms with Gasteiger partial charge in [0.2, 0.25) is 0 Å². The molecule has 1 aromatic heterocycles. The van der Waals surface area contributed by atoms with Gasteiger partial charge in [0.25, 0.3) is 0 Å². The van der Waals surface area contributed by atoms with Crippen molar-refractivity contribution in [2.75, 3.05) is 33.9 Å². The number of likely N-dealkylation sites (N-methyl/N-ethyl adjacent to an activating group) is 1. The highest BCUT2D eigenvalue weighted by atomic mass is 16.5. The molecule has 4 heteroatoms. The Balaban J connectivity index is 2.22. The van der Waals surface area contributed by atoms with E-state index in [4.69, 9.17) is 9.47 Å². The first-order chi connectivity index (χ1) is 7.86. The highest BCUT2D eigenvalue weighted by molar-refractivity contribution is 5.03. The summed E-state index contributed by atoms with van der Waals surface area (Å²) in [6.07, 6.45) is 2.75. The average Bonchev–Trinajstić information content (AvgIpc) is 2.31. The fourth-order valence-electron chi connectivity index (χ4n) is 1.46. The maximum absolute atomic E-state index is 5.70. The predicted octanol–water partition coefficient (Wildman–Crippen LogP) is 0.875. The van der Waals surface area contributed by atoms with Gasteiger partial charge in [0.1, 0.15) is 0 Å². The summed E-state index contributed by atoms with van der Waals surface area (Å²) in [5.41, 5.74) is 1.06. The van der Waals surface area contributed by atoms with Gasteiger partial charge in [-0.3, -0.25) is 4.98 Å². The fourth-order valence-corrected chi connectivity index (χ4v) is 1.46. The van der Waals surface area contributed by atoms with Gasteiger partial charge in [0, 0.05) is 32.0 Å². The van der Waals surface area contributed by atoms with Crippen molar-refractivity contribution in [3.8, 4) is 0 Å². The van der Waals surface area contributed by atoms with Crippen LogP contribution in [0.25, 0.3) is 0 Å². The molecule has 0 aliphatic rings. The third kappa shape index (κ3) is 5.21. The summed E-state index contributed by atoms with van der Waals surface area (Å²) in [6.45, 7) is 2.09. The van der Waals surface area contributed by atoms with Gasteiger partial charge in [-0.2, -0.15) is 0 Å². The molecular formula is C12H20N2O2. The van der Waals surface area contributed by atoms with Gasteiger partial charge < -0.3 is 14.8 Å². The molecule has 0 saturated carbocycles. The topological polar surface area (TPSA) is 43.4 Å². The molecule has 0 aliphatic heterocycles. The highest BCUT2D eigenvalue weighted by Gasteiger charge is 2.07. The number of ether oxygens (including phenoxy) is 2. The first kappa shape index (κ1) is 13.1. The minimum absolute atomic E-state index is 0.110. The zero-order chi connectivity index (χ0) is 11.6. The molecular weight excluding hydrogens is 204 g/mol. The minimum atomic E-state index is 0.110. The predicted molar refractivity (Wildman–Crippen MR) is 63.5 cm³/mol. The van der Waals surface area contributed by atoms with Gasteiger partial charge in [-0.25, -0.2) is 0 Å². The number of hydrogen-bond donors (Lipinski definition) is 1. The van der Waals surface area contributed by atoms with E-state index in [1.54, 1.807) is 13.3 Å². The molecule has 1 aromatic rings. The Kier molecular flexibility index (Phi) is 6.72. The van der Waals surface area contributed by atoms with Crippen molar-refractivity contribution >= 4 is 0 Å². The van der Waals surface area contributed by atoms with Crippen LogP contribution < -0.4 is 5.32 Å². The normalized spacial score (nSPS) is 12.6. The second kappa shape index (κ2) is 8.21. The molecule has 0 radical (unpaired) electrons. The van der Waals surface area contributed by atoms with Gasteiger partial charge >= 0.3 is 0 Å². The van der Waals surface area contributed by atoms with E-state index in [9.17, 15) is 0 Å². The monoisotopic (exact) mass is 224 g/mol. The molecule has 1 heterocycles. The van der Waals surface area contributed by atoms with Crippen LogP contribution in [0.2, 0.25) is 0 Å². The summed E-state index contributed by atoms with van der Waals surface area (Å²) < 4.78 is 10.8. The Morgan fingerprint density at radius 3 is 2.94 bits per heavy atom. The van der Waals surface area contributed by atoms with Crippen molar-refractivity contribution in [1.29, 1.82) is 0 Å². The molecule has 1 N–H and O–H groups in total. The number of aromatic nitrogens is 1. The maximum Gasteiger partial charge on any atom is 0.0932 e. The Hall–Kier alpha value is -0.970. The molecule has 0 fully saturated rings. The molecule has 0 saturated heterocycles. The molecule has 0 spiro atoms. The molecule has 1 unspecified atom stereocenters. The summed E-state index contributed by atoms with van der Waals surface area (Å²) in [7, 11) is 3.59. The standard InChI is InChI=1S/C12H20N2O2/c1-13-9-12(10-15-2)16-8-6-11-5-3-4-7-14-11/h3-5,7,12-13H,6,8-10H2,1-2H3. The zero-order valence-electron chi connectivity index (χ0n) is 9.98. The number of nitrogens with zero attached hydrogens (tertiary/aromatic N) is 1. The molecule has 0 aromatic carbocycles. The minimum Gasteiger partial charge on any atom is -0.382 e. The molecule has 1 rings (SSSR count). The first-order valence-electron chi connectivity index (χ1n) is 5.52. The van der Waals surface area contributed by atoms with Gasteiger partial charge in [0.05, 0.1) is 19.3 Å². The summed E-state index contributed by atoms with van der Waals surface area (Å²) in [4.78, 5) is 4.24. The smallest absolute Gasteiger partial charge is 0.0932 e. The molecule has 0 aliphatic carbocycles. The lowest BCUT2D eigenvalue weighted by Crippen LogP contribution is -2.31. The highest BCUT2D eigenvalue weighted by Crippen LogP contribution is 1.98. The van der Waals surface area contributed by atoms with Crippen LogP contribution in [0.3, 0.4) is 0 Å². The van der Waals surface area contributed by atoms with E-state index in [0.29, 0.717) is 13.2 Å². The quantitative estimate of drug-likeness (QED) is 0.711. The maximum atomic E-state index is 5.70. The van der Waals surface area contributed by atoms with Gasteiger partial charge in [-0.05, 0) is 19.2 Å². The van der Waals surface area contributed by atoms with E-state index in [1.165, 1.54) is 0 Å². The SMILES string of the molecule is CNCC(COC)OCCc1ccccn1. The Morgan fingerprint density at radius 1 is 1.44 bits per heavy atom. The lowest BCUT2D eigenvalue weighted by atomic mass is 10.3. The number of methoxy groups -OCH3 is 1. The van der Waals surface area contributed by atoms with Crippen LogP contribution in [0.5, 0.6) is 0 Å². The molecule has 90 valence electrons.